The molecule has 3 aromatic heterocycles. The van der Waals surface area contributed by atoms with Crippen molar-refractivity contribution in [2.45, 2.75) is 59.2 Å². The average Bonchev–Trinajstić information content (AvgIpc) is 2.78. The number of aromatic nitrogens is 6. The first-order chi connectivity index (χ1) is 16.8. The van der Waals surface area contributed by atoms with Crippen LogP contribution in [0.1, 0.15) is 17.1 Å². The van der Waals surface area contributed by atoms with Gasteiger partial charge < -0.3 is 25.3 Å². The highest BCUT2D eigenvalue weighted by molar-refractivity contribution is 5.22. The van der Waals surface area contributed by atoms with Crippen molar-refractivity contribution >= 4 is 0 Å². The fourth-order valence-corrected chi connectivity index (χ4v) is 3.74. The number of aromatic hydroxyl groups is 1. The zero-order valence-corrected chi connectivity index (χ0v) is 19.7. The van der Waals surface area contributed by atoms with Crippen molar-refractivity contribution in [2.75, 3.05) is 0 Å². The Bertz CT molecular complexity index is 1590. The van der Waals surface area contributed by atoms with E-state index >= 15 is 0 Å². The fraction of sp³-hybridized carbons (Fsp3) is 0.429. The molecule has 3 heterocycles. The Kier molecular flexibility index (Phi) is 7.45. The number of aryl methyl sites for hydroxylation is 2. The summed E-state index contributed by atoms with van der Waals surface area (Å²) in [5.41, 5.74) is -4.61. The highest BCUT2D eigenvalue weighted by Gasteiger charge is 2.21. The zero-order valence-electron chi connectivity index (χ0n) is 19.7. The molecule has 3 rings (SSSR count). The molecule has 0 aliphatic carbocycles. The van der Waals surface area contributed by atoms with Crippen LogP contribution >= 0.6 is 0 Å². The molecule has 0 bridgehead atoms. The Morgan fingerprint density at radius 2 is 1.08 bits per heavy atom. The molecule has 0 spiro atoms. The van der Waals surface area contributed by atoms with Crippen LogP contribution in [0.4, 0.5) is 0 Å². The molecule has 0 fully saturated rings. The van der Waals surface area contributed by atoms with E-state index in [2.05, 4.69) is 9.97 Å². The summed E-state index contributed by atoms with van der Waals surface area (Å²) in [5.74, 6) is -0.829. The minimum Gasteiger partial charge on any atom is -0.502 e. The number of aliphatic hydroxyl groups is 2. The van der Waals surface area contributed by atoms with Crippen LogP contribution in [0.25, 0.3) is 0 Å². The van der Waals surface area contributed by atoms with E-state index in [9.17, 15) is 44.1 Å². The van der Waals surface area contributed by atoms with Crippen LogP contribution in [-0.4, -0.2) is 55.8 Å². The molecule has 2 unspecified atom stereocenters. The van der Waals surface area contributed by atoms with Crippen LogP contribution in [0.15, 0.2) is 40.9 Å². The van der Waals surface area contributed by atoms with Gasteiger partial charge in [0.15, 0.2) is 0 Å². The van der Waals surface area contributed by atoms with Crippen LogP contribution < -0.4 is 33.7 Å². The third-order valence-corrected chi connectivity index (χ3v) is 5.54. The third kappa shape index (κ3) is 5.36. The zero-order chi connectivity index (χ0) is 26.9. The van der Waals surface area contributed by atoms with E-state index in [1.165, 1.54) is 20.8 Å². The number of hydrogen-bond donors (Lipinski definition) is 5. The molecule has 5 N–H and O–H groups in total. The maximum atomic E-state index is 13.0. The van der Waals surface area contributed by atoms with E-state index in [1.807, 2.05) is 0 Å². The predicted molar refractivity (Wildman–Crippen MR) is 125 cm³/mol. The highest BCUT2D eigenvalue weighted by atomic mass is 16.3. The molecular formula is C21H26N6O9. The van der Waals surface area contributed by atoms with E-state index < -0.39 is 77.9 Å². The SMILES string of the molecule is Cc1cc(=O)n(CC(O)Cn2c(C)c(O)c(=O)n(CC(O)Cn3c(=O)cc(C)[nH]c3=O)c2=O)c(=O)[nH]1. The van der Waals surface area contributed by atoms with Gasteiger partial charge in [0.1, 0.15) is 0 Å². The van der Waals surface area contributed by atoms with E-state index in [4.69, 9.17) is 0 Å². The van der Waals surface area contributed by atoms with Gasteiger partial charge in [-0.25, -0.2) is 14.4 Å². The third-order valence-electron chi connectivity index (χ3n) is 5.54. The number of rotatable bonds is 8. The lowest BCUT2D eigenvalue weighted by molar-refractivity contribution is 0.119. The first-order valence-corrected chi connectivity index (χ1v) is 10.8. The van der Waals surface area contributed by atoms with Crippen LogP contribution in [0.3, 0.4) is 0 Å². The van der Waals surface area contributed by atoms with Gasteiger partial charge in [-0.05, 0) is 20.8 Å². The monoisotopic (exact) mass is 506 g/mol. The second-order valence-corrected chi connectivity index (χ2v) is 8.46. The molecule has 0 saturated carbocycles. The van der Waals surface area contributed by atoms with Gasteiger partial charge in [-0.1, -0.05) is 0 Å². The van der Waals surface area contributed by atoms with Gasteiger partial charge in [0.25, 0.3) is 16.7 Å². The first-order valence-electron chi connectivity index (χ1n) is 10.8. The number of hydrogen-bond acceptors (Lipinski definition) is 9. The molecular weight excluding hydrogens is 480 g/mol. The van der Waals surface area contributed by atoms with Gasteiger partial charge in [0.2, 0.25) is 5.75 Å². The van der Waals surface area contributed by atoms with Crippen LogP contribution in [0, 0.1) is 20.8 Å². The minimum absolute atomic E-state index is 0.189. The molecule has 194 valence electrons. The summed E-state index contributed by atoms with van der Waals surface area (Å²) >= 11 is 0. The first kappa shape index (κ1) is 26.4. The van der Waals surface area contributed by atoms with Crippen molar-refractivity contribution in [2.24, 2.45) is 0 Å². The summed E-state index contributed by atoms with van der Waals surface area (Å²) < 4.78 is 2.77. The smallest absolute Gasteiger partial charge is 0.331 e. The molecule has 0 radical (unpaired) electrons. The molecule has 36 heavy (non-hydrogen) atoms. The lowest BCUT2D eigenvalue weighted by Crippen LogP contribution is -2.47. The Hall–Kier alpha value is -4.24. The highest BCUT2D eigenvalue weighted by Crippen LogP contribution is 2.08. The Morgan fingerprint density at radius 3 is 1.50 bits per heavy atom. The van der Waals surface area contributed by atoms with Crippen molar-refractivity contribution in [3.05, 3.63) is 91.7 Å². The molecule has 0 aromatic carbocycles. The number of nitrogens with one attached hydrogen (secondary N) is 2. The van der Waals surface area contributed by atoms with E-state index in [0.29, 0.717) is 20.5 Å². The van der Waals surface area contributed by atoms with Crippen molar-refractivity contribution in [3.8, 4) is 5.75 Å². The lowest BCUT2D eigenvalue weighted by Gasteiger charge is -2.19. The van der Waals surface area contributed by atoms with Gasteiger partial charge in [-0.2, -0.15) is 0 Å². The van der Waals surface area contributed by atoms with Gasteiger partial charge in [-0.15, -0.1) is 0 Å². The molecule has 0 saturated heterocycles. The van der Waals surface area contributed by atoms with Crippen molar-refractivity contribution < 1.29 is 15.3 Å². The molecule has 2 atom stereocenters. The minimum atomic E-state index is -1.55. The Labute approximate surface area is 200 Å². The number of H-pyrrole nitrogens is 2. The normalized spacial score (nSPS) is 13.0. The van der Waals surface area contributed by atoms with Crippen LogP contribution in [-0.2, 0) is 26.2 Å². The van der Waals surface area contributed by atoms with Crippen LogP contribution in [0.2, 0.25) is 0 Å². The summed E-state index contributed by atoms with van der Waals surface area (Å²) in [4.78, 5) is 78.5. The Balaban J connectivity index is 1.91. The maximum absolute atomic E-state index is 13.0. The van der Waals surface area contributed by atoms with Gasteiger partial charge in [-0.3, -0.25) is 32.7 Å². The second kappa shape index (κ2) is 10.2. The molecule has 0 aliphatic rings. The molecule has 0 aliphatic heterocycles. The molecule has 15 heteroatoms. The molecule has 15 nitrogen and oxygen atoms in total. The maximum Gasteiger partial charge on any atom is 0.331 e. The Morgan fingerprint density at radius 1 is 0.694 bits per heavy atom. The van der Waals surface area contributed by atoms with E-state index in [1.54, 1.807) is 0 Å². The largest absolute Gasteiger partial charge is 0.502 e. The summed E-state index contributed by atoms with van der Waals surface area (Å²) in [7, 11) is 0. The summed E-state index contributed by atoms with van der Waals surface area (Å²) in [6.07, 6.45) is -3.01. The van der Waals surface area contributed by atoms with Crippen molar-refractivity contribution in [1.29, 1.82) is 0 Å². The predicted octanol–water partition coefficient (Wildman–Crippen LogP) is -3.54. The summed E-state index contributed by atoms with van der Waals surface area (Å²) in [6.45, 7) is 2.04. The lowest BCUT2D eigenvalue weighted by atomic mass is 10.3. The van der Waals surface area contributed by atoms with Gasteiger partial charge >= 0.3 is 17.1 Å². The quantitative estimate of drug-likeness (QED) is 0.204. The van der Waals surface area contributed by atoms with E-state index in [-0.39, 0.29) is 5.69 Å². The van der Waals surface area contributed by atoms with Crippen molar-refractivity contribution in [1.82, 2.24) is 28.2 Å². The summed E-state index contributed by atoms with van der Waals surface area (Å²) in [5, 5.41) is 31.1. The van der Waals surface area contributed by atoms with E-state index in [0.717, 1.165) is 21.3 Å². The molecule has 0 amide bonds. The van der Waals surface area contributed by atoms with Gasteiger partial charge in [0.05, 0.1) is 44.1 Å². The number of aliphatic hydroxyl groups excluding tert-OH is 2. The van der Waals surface area contributed by atoms with Gasteiger partial charge in [0, 0.05) is 23.5 Å². The number of nitrogens with zero attached hydrogens (tertiary/aromatic N) is 4. The fourth-order valence-electron chi connectivity index (χ4n) is 3.74. The average molecular weight is 506 g/mol. The summed E-state index contributed by atoms with van der Waals surface area (Å²) in [6, 6.07) is 2.29. The standard InChI is InChI=1S/C21H26N6O9/c1-10-4-15(30)25(19(34)22-10)7-13(28)6-24-12(3)17(32)18(33)27(21(24)36)9-14(29)8-26-16(31)5-11(2)23-20(26)35/h4-5,13-14,28-29,32H,6-9H2,1-3H3,(H,22,34)(H,23,35). The molecule has 3 aromatic rings. The van der Waals surface area contributed by atoms with Crippen LogP contribution in [0.5, 0.6) is 5.75 Å². The van der Waals surface area contributed by atoms with Crippen molar-refractivity contribution in [3.63, 3.8) is 0 Å². The second-order valence-electron chi connectivity index (χ2n) is 8.46. The topological polar surface area (TPSA) is 214 Å². The number of aromatic amines is 2.